The van der Waals surface area contributed by atoms with E-state index < -0.39 is 0 Å². The number of fused-ring (bicyclic) bond motifs is 1. The van der Waals surface area contributed by atoms with E-state index in [9.17, 15) is 4.79 Å². The summed E-state index contributed by atoms with van der Waals surface area (Å²) in [5.41, 5.74) is -0.0483. The van der Waals surface area contributed by atoms with E-state index in [2.05, 4.69) is 15.2 Å². The van der Waals surface area contributed by atoms with Crippen molar-refractivity contribution in [1.29, 1.82) is 0 Å². The fourth-order valence-electron chi connectivity index (χ4n) is 3.87. The van der Waals surface area contributed by atoms with E-state index in [0.29, 0.717) is 11.4 Å². The molecule has 4 rings (SSSR count). The fourth-order valence-corrected chi connectivity index (χ4v) is 3.87. The van der Waals surface area contributed by atoms with Crippen LogP contribution in [0.2, 0.25) is 0 Å². The van der Waals surface area contributed by atoms with Gasteiger partial charge in [0.25, 0.3) is 5.56 Å². The molecule has 1 aromatic carbocycles. The summed E-state index contributed by atoms with van der Waals surface area (Å²) in [7, 11) is 0. The molecule has 0 amide bonds. The molecule has 2 saturated heterocycles. The van der Waals surface area contributed by atoms with Gasteiger partial charge in [0.05, 0.1) is 0 Å². The Hall–Kier alpha value is -1.85. The van der Waals surface area contributed by atoms with Crippen molar-refractivity contribution in [2.75, 3.05) is 26.2 Å². The Kier molecular flexibility index (Phi) is 4.54. The first-order valence-electron chi connectivity index (χ1n) is 9.02. The van der Waals surface area contributed by atoms with Crippen LogP contribution in [0.5, 0.6) is 5.75 Å². The summed E-state index contributed by atoms with van der Waals surface area (Å²) in [5, 5.41) is 5.22. The lowest BCUT2D eigenvalue weighted by molar-refractivity contribution is 0.0961. The summed E-state index contributed by atoms with van der Waals surface area (Å²) >= 11 is 0. The molecule has 5 heteroatoms. The molecule has 0 aliphatic carbocycles. The van der Waals surface area contributed by atoms with Gasteiger partial charge in [0, 0.05) is 37.3 Å². The topological polar surface area (TPSA) is 57.4 Å². The van der Waals surface area contributed by atoms with Crippen LogP contribution in [-0.4, -0.2) is 48.2 Å². The Balaban J connectivity index is 1.34. The Morgan fingerprint density at radius 2 is 2.04 bits per heavy atom. The largest absolute Gasteiger partial charge is 0.490 e. The van der Waals surface area contributed by atoms with E-state index in [-0.39, 0.29) is 11.7 Å². The number of pyridine rings is 1. The van der Waals surface area contributed by atoms with Gasteiger partial charge in [-0.25, -0.2) is 0 Å². The predicted molar refractivity (Wildman–Crippen MR) is 95.7 cm³/mol. The van der Waals surface area contributed by atoms with Crippen LogP contribution >= 0.6 is 0 Å². The number of nitrogens with one attached hydrogen (secondary N) is 2. The summed E-state index contributed by atoms with van der Waals surface area (Å²) in [6.07, 6.45) is 6.73. The summed E-state index contributed by atoms with van der Waals surface area (Å²) in [4.78, 5) is 17.0. The Bertz CT molecular complexity index is 744. The molecule has 5 nitrogen and oxygen atoms in total. The Labute approximate surface area is 142 Å². The highest BCUT2D eigenvalue weighted by atomic mass is 16.5. The molecule has 0 radical (unpaired) electrons. The average Bonchev–Trinajstić information content (AvgIpc) is 3.10. The number of likely N-dealkylation sites (tertiary alicyclic amines) is 1. The van der Waals surface area contributed by atoms with Crippen LogP contribution in [0.15, 0.2) is 35.3 Å². The summed E-state index contributed by atoms with van der Waals surface area (Å²) in [5.74, 6) is 0.865. The maximum atomic E-state index is 11.8. The van der Waals surface area contributed by atoms with E-state index >= 15 is 0 Å². The minimum atomic E-state index is -0.0483. The lowest BCUT2D eigenvalue weighted by atomic mass is 10.1. The lowest BCUT2D eigenvalue weighted by Crippen LogP contribution is -2.44. The van der Waals surface area contributed by atoms with Crippen LogP contribution in [0, 0.1) is 0 Å². The standard InChI is InChI=1S/C19H25N3O2/c23-19-18-4-3-17(12-14(18)5-9-21-19)24-16-6-10-22(11-7-16)13-15-2-1-8-20-15/h3-5,9,12,15-16,20H,1-2,6-8,10-11,13H2,(H,21,23)/t15-/m0/s1. The van der Waals surface area contributed by atoms with Gasteiger partial charge in [-0.2, -0.15) is 0 Å². The van der Waals surface area contributed by atoms with Crippen LogP contribution in [-0.2, 0) is 0 Å². The number of nitrogens with zero attached hydrogens (tertiary/aromatic N) is 1. The number of H-pyrrole nitrogens is 1. The molecule has 2 aliphatic heterocycles. The molecule has 0 unspecified atom stereocenters. The quantitative estimate of drug-likeness (QED) is 0.903. The van der Waals surface area contributed by atoms with E-state index in [1.807, 2.05) is 24.3 Å². The molecule has 1 atom stereocenters. The summed E-state index contributed by atoms with van der Waals surface area (Å²) in [6, 6.07) is 8.33. The zero-order chi connectivity index (χ0) is 16.4. The van der Waals surface area contributed by atoms with Crippen LogP contribution < -0.4 is 15.6 Å². The molecule has 0 bridgehead atoms. The number of hydrogen-bond donors (Lipinski definition) is 2. The van der Waals surface area contributed by atoms with Gasteiger partial charge in [-0.05, 0) is 61.9 Å². The molecule has 0 saturated carbocycles. The maximum absolute atomic E-state index is 11.8. The second kappa shape index (κ2) is 6.95. The first kappa shape index (κ1) is 15.7. The number of aromatic amines is 1. The Morgan fingerprint density at radius 1 is 1.17 bits per heavy atom. The van der Waals surface area contributed by atoms with Crippen molar-refractivity contribution >= 4 is 10.8 Å². The van der Waals surface area contributed by atoms with Crippen molar-refractivity contribution in [3.63, 3.8) is 0 Å². The summed E-state index contributed by atoms with van der Waals surface area (Å²) in [6.45, 7) is 4.56. The molecular weight excluding hydrogens is 302 g/mol. The van der Waals surface area contributed by atoms with E-state index in [4.69, 9.17) is 4.74 Å². The molecular formula is C19H25N3O2. The number of aromatic nitrogens is 1. The van der Waals surface area contributed by atoms with Gasteiger partial charge < -0.3 is 19.9 Å². The molecule has 2 aliphatic rings. The summed E-state index contributed by atoms with van der Waals surface area (Å²) < 4.78 is 6.17. The smallest absolute Gasteiger partial charge is 0.255 e. The van der Waals surface area contributed by atoms with Crippen molar-refractivity contribution in [1.82, 2.24) is 15.2 Å². The average molecular weight is 327 g/mol. The van der Waals surface area contributed by atoms with Gasteiger partial charge in [0.15, 0.2) is 0 Å². The number of ether oxygens (including phenoxy) is 1. The molecule has 1 aromatic heterocycles. The van der Waals surface area contributed by atoms with E-state index in [0.717, 1.165) is 37.1 Å². The number of hydrogen-bond acceptors (Lipinski definition) is 4. The maximum Gasteiger partial charge on any atom is 0.255 e. The third-order valence-electron chi connectivity index (χ3n) is 5.22. The number of benzene rings is 1. The zero-order valence-corrected chi connectivity index (χ0v) is 14.0. The lowest BCUT2D eigenvalue weighted by Gasteiger charge is -2.33. The van der Waals surface area contributed by atoms with Gasteiger partial charge in [-0.3, -0.25) is 4.79 Å². The molecule has 128 valence electrons. The second-order valence-corrected chi connectivity index (χ2v) is 6.97. The van der Waals surface area contributed by atoms with Gasteiger partial charge in [-0.15, -0.1) is 0 Å². The van der Waals surface area contributed by atoms with E-state index in [1.165, 1.54) is 25.9 Å². The van der Waals surface area contributed by atoms with Gasteiger partial charge in [0.1, 0.15) is 11.9 Å². The predicted octanol–water partition coefficient (Wildman–Crippen LogP) is 2.12. The van der Waals surface area contributed by atoms with Gasteiger partial charge in [0.2, 0.25) is 0 Å². The fraction of sp³-hybridized carbons (Fsp3) is 0.526. The molecule has 24 heavy (non-hydrogen) atoms. The number of piperidine rings is 1. The second-order valence-electron chi connectivity index (χ2n) is 6.97. The van der Waals surface area contributed by atoms with Crippen molar-refractivity contribution in [2.24, 2.45) is 0 Å². The highest BCUT2D eigenvalue weighted by Gasteiger charge is 2.24. The molecule has 2 fully saturated rings. The third kappa shape index (κ3) is 3.47. The monoisotopic (exact) mass is 327 g/mol. The van der Waals surface area contributed by atoms with E-state index in [1.54, 1.807) is 6.20 Å². The molecule has 2 aromatic rings. The minimum absolute atomic E-state index is 0.0483. The zero-order valence-electron chi connectivity index (χ0n) is 14.0. The first-order valence-corrected chi connectivity index (χ1v) is 9.02. The highest BCUT2D eigenvalue weighted by molar-refractivity contribution is 5.82. The van der Waals surface area contributed by atoms with Crippen molar-refractivity contribution in [3.8, 4) is 5.75 Å². The SMILES string of the molecule is O=c1[nH]ccc2cc(OC3CCN(C[C@@H]4CCCN4)CC3)ccc12. The van der Waals surface area contributed by atoms with Crippen LogP contribution in [0.4, 0.5) is 0 Å². The molecule has 0 spiro atoms. The first-order chi connectivity index (χ1) is 11.8. The third-order valence-corrected chi connectivity index (χ3v) is 5.22. The van der Waals surface area contributed by atoms with Crippen LogP contribution in [0.3, 0.4) is 0 Å². The van der Waals surface area contributed by atoms with Crippen LogP contribution in [0.25, 0.3) is 10.8 Å². The van der Waals surface area contributed by atoms with Gasteiger partial charge in [-0.1, -0.05) is 0 Å². The Morgan fingerprint density at radius 3 is 2.83 bits per heavy atom. The number of rotatable bonds is 4. The normalized spacial score (nSPS) is 22.9. The van der Waals surface area contributed by atoms with Crippen LogP contribution in [0.1, 0.15) is 25.7 Å². The minimum Gasteiger partial charge on any atom is -0.490 e. The van der Waals surface area contributed by atoms with Crippen molar-refractivity contribution in [2.45, 2.75) is 37.8 Å². The highest BCUT2D eigenvalue weighted by Crippen LogP contribution is 2.23. The van der Waals surface area contributed by atoms with Crippen molar-refractivity contribution < 1.29 is 4.74 Å². The molecule has 2 N–H and O–H groups in total. The van der Waals surface area contributed by atoms with Crippen molar-refractivity contribution in [3.05, 3.63) is 40.8 Å². The van der Waals surface area contributed by atoms with Gasteiger partial charge >= 0.3 is 0 Å². The molecule has 3 heterocycles.